The van der Waals surface area contributed by atoms with Crippen molar-refractivity contribution in [2.24, 2.45) is 0 Å². The average molecular weight is 280 g/mol. The first kappa shape index (κ1) is 13.5. The molecular weight excluding hydrogens is 264 g/mol. The Kier molecular flexibility index (Phi) is 3.80. The smallest absolute Gasteiger partial charge is 0.257 e. The molecule has 0 spiro atoms. The number of hydrogen-bond donors (Lipinski definition) is 1. The van der Waals surface area contributed by atoms with Gasteiger partial charge in [0.2, 0.25) is 0 Å². The number of nitrogens with zero attached hydrogens (tertiary/aromatic N) is 3. The zero-order valence-corrected chi connectivity index (χ0v) is 11.7. The monoisotopic (exact) mass is 280 g/mol. The van der Waals surface area contributed by atoms with Gasteiger partial charge in [-0.3, -0.25) is 9.36 Å². The molecule has 106 valence electrons. The van der Waals surface area contributed by atoms with Gasteiger partial charge in [0.1, 0.15) is 0 Å². The molecule has 1 aromatic carbocycles. The molecule has 0 saturated carbocycles. The molecule has 1 aromatic heterocycles. The van der Waals surface area contributed by atoms with E-state index in [1.54, 1.807) is 23.0 Å². The lowest BCUT2D eigenvalue weighted by Crippen LogP contribution is -2.27. The summed E-state index contributed by atoms with van der Waals surface area (Å²) >= 11 is 0. The lowest BCUT2D eigenvalue weighted by atomic mass is 10.1. The van der Waals surface area contributed by atoms with E-state index in [1.807, 2.05) is 12.1 Å². The lowest BCUT2D eigenvalue weighted by molar-refractivity contribution is 0.705. The van der Waals surface area contributed by atoms with Crippen LogP contribution >= 0.6 is 0 Å². The first-order chi connectivity index (χ1) is 10.3. The summed E-state index contributed by atoms with van der Waals surface area (Å²) in [6.45, 7) is 2.18. The molecule has 5 heteroatoms. The number of benzene rings is 1. The Balaban J connectivity index is 1.90. The van der Waals surface area contributed by atoms with Crippen LogP contribution in [0.3, 0.4) is 0 Å². The van der Waals surface area contributed by atoms with Crippen LogP contribution in [0.15, 0.2) is 35.4 Å². The van der Waals surface area contributed by atoms with E-state index in [-0.39, 0.29) is 5.56 Å². The summed E-state index contributed by atoms with van der Waals surface area (Å²) in [6, 6.07) is 9.37. The van der Waals surface area contributed by atoms with E-state index in [2.05, 4.69) is 16.4 Å². The molecule has 1 aliphatic heterocycles. The van der Waals surface area contributed by atoms with E-state index in [4.69, 9.17) is 5.26 Å². The van der Waals surface area contributed by atoms with Crippen molar-refractivity contribution < 1.29 is 0 Å². The summed E-state index contributed by atoms with van der Waals surface area (Å²) < 4.78 is 1.64. The van der Waals surface area contributed by atoms with Gasteiger partial charge in [-0.2, -0.15) is 5.26 Å². The highest BCUT2D eigenvalue weighted by Gasteiger charge is 2.14. The van der Waals surface area contributed by atoms with Crippen LogP contribution in [-0.4, -0.2) is 22.6 Å². The van der Waals surface area contributed by atoms with Gasteiger partial charge in [-0.05, 0) is 30.7 Å². The van der Waals surface area contributed by atoms with Crippen LogP contribution in [-0.2, 0) is 19.4 Å². The maximum Gasteiger partial charge on any atom is 0.257 e. The fourth-order valence-electron chi connectivity index (χ4n) is 2.57. The first-order valence-corrected chi connectivity index (χ1v) is 7.05. The Morgan fingerprint density at radius 3 is 2.76 bits per heavy atom. The van der Waals surface area contributed by atoms with Crippen molar-refractivity contribution >= 4 is 0 Å². The summed E-state index contributed by atoms with van der Waals surface area (Å²) in [4.78, 5) is 17.0. The number of rotatable bonds is 2. The van der Waals surface area contributed by atoms with Gasteiger partial charge < -0.3 is 5.32 Å². The van der Waals surface area contributed by atoms with Crippen molar-refractivity contribution in [3.8, 4) is 6.07 Å². The van der Waals surface area contributed by atoms with Gasteiger partial charge in [0.15, 0.2) is 0 Å². The summed E-state index contributed by atoms with van der Waals surface area (Å²) in [6.07, 6.45) is 3.17. The quantitative estimate of drug-likeness (QED) is 0.885. The standard InChI is InChI=1S/C16H16N4O/c17-9-12-1-3-13(4-2-12)10-20-11-19-15-6-8-18-7-5-14(15)16(20)21/h1-4,11,18H,5-8,10H2. The fraction of sp³-hybridized carbons (Fsp3) is 0.312. The number of nitrogens with one attached hydrogen (secondary N) is 1. The van der Waals surface area contributed by atoms with Crippen LogP contribution in [0.1, 0.15) is 22.4 Å². The van der Waals surface area contributed by atoms with Gasteiger partial charge >= 0.3 is 0 Å². The average Bonchev–Trinajstić information content (AvgIpc) is 2.77. The zero-order chi connectivity index (χ0) is 14.7. The van der Waals surface area contributed by atoms with Crippen LogP contribution in [0.4, 0.5) is 0 Å². The summed E-state index contributed by atoms with van der Waals surface area (Å²) in [5, 5.41) is 12.1. The highest BCUT2D eigenvalue weighted by molar-refractivity contribution is 5.31. The number of aromatic nitrogens is 2. The van der Waals surface area contributed by atoms with Crippen LogP contribution in [0.25, 0.3) is 0 Å². The summed E-state index contributed by atoms with van der Waals surface area (Å²) in [5.74, 6) is 0. The van der Waals surface area contributed by atoms with Gasteiger partial charge in [-0.15, -0.1) is 0 Å². The second-order valence-electron chi connectivity index (χ2n) is 5.16. The minimum atomic E-state index is 0.0491. The summed E-state index contributed by atoms with van der Waals surface area (Å²) in [5.41, 5.74) is 3.41. The molecule has 1 N–H and O–H groups in total. The van der Waals surface area contributed by atoms with Crippen molar-refractivity contribution in [2.45, 2.75) is 19.4 Å². The lowest BCUT2D eigenvalue weighted by Gasteiger charge is -2.10. The Bertz CT molecular complexity index is 740. The number of hydrogen-bond acceptors (Lipinski definition) is 4. The molecule has 0 saturated heterocycles. The largest absolute Gasteiger partial charge is 0.316 e. The molecule has 0 radical (unpaired) electrons. The molecule has 3 rings (SSSR count). The van der Waals surface area contributed by atoms with E-state index in [0.717, 1.165) is 42.8 Å². The Morgan fingerprint density at radius 1 is 1.24 bits per heavy atom. The van der Waals surface area contributed by atoms with Crippen molar-refractivity contribution in [3.05, 3.63) is 63.3 Å². The fourth-order valence-corrected chi connectivity index (χ4v) is 2.57. The molecule has 0 bridgehead atoms. The van der Waals surface area contributed by atoms with E-state index in [0.29, 0.717) is 12.1 Å². The first-order valence-electron chi connectivity index (χ1n) is 7.05. The number of nitriles is 1. The van der Waals surface area contributed by atoms with E-state index in [1.165, 1.54) is 0 Å². The van der Waals surface area contributed by atoms with Crippen molar-refractivity contribution in [1.82, 2.24) is 14.9 Å². The molecule has 0 atom stereocenters. The minimum Gasteiger partial charge on any atom is -0.316 e. The minimum absolute atomic E-state index is 0.0491. The molecule has 2 heterocycles. The number of fused-ring (bicyclic) bond motifs is 1. The van der Waals surface area contributed by atoms with Crippen LogP contribution in [0.5, 0.6) is 0 Å². The molecule has 0 fully saturated rings. The Labute approximate surface area is 122 Å². The second-order valence-corrected chi connectivity index (χ2v) is 5.16. The molecular formula is C16H16N4O. The van der Waals surface area contributed by atoms with Crippen molar-refractivity contribution in [1.29, 1.82) is 5.26 Å². The molecule has 0 aliphatic carbocycles. The third-order valence-corrected chi connectivity index (χ3v) is 3.75. The van der Waals surface area contributed by atoms with E-state index in [9.17, 15) is 4.79 Å². The Hall–Kier alpha value is -2.45. The van der Waals surface area contributed by atoms with Crippen LogP contribution < -0.4 is 10.9 Å². The van der Waals surface area contributed by atoms with Gasteiger partial charge in [-0.25, -0.2) is 4.98 Å². The van der Waals surface area contributed by atoms with Crippen molar-refractivity contribution in [3.63, 3.8) is 0 Å². The predicted molar refractivity (Wildman–Crippen MR) is 79.0 cm³/mol. The van der Waals surface area contributed by atoms with E-state index >= 15 is 0 Å². The van der Waals surface area contributed by atoms with Crippen LogP contribution in [0, 0.1) is 11.3 Å². The molecule has 5 nitrogen and oxygen atoms in total. The van der Waals surface area contributed by atoms with Crippen LogP contribution in [0.2, 0.25) is 0 Å². The predicted octanol–water partition coefficient (Wildman–Crippen LogP) is 0.851. The Morgan fingerprint density at radius 2 is 2.00 bits per heavy atom. The highest BCUT2D eigenvalue weighted by Crippen LogP contribution is 2.08. The zero-order valence-electron chi connectivity index (χ0n) is 11.7. The van der Waals surface area contributed by atoms with Crippen molar-refractivity contribution in [2.75, 3.05) is 13.1 Å². The summed E-state index contributed by atoms with van der Waals surface area (Å²) in [7, 11) is 0. The van der Waals surface area contributed by atoms with Gasteiger partial charge in [-0.1, -0.05) is 12.1 Å². The SMILES string of the molecule is N#Cc1ccc(Cn2cnc3c(c2=O)CCNCC3)cc1. The maximum absolute atomic E-state index is 12.5. The molecule has 2 aromatic rings. The molecule has 0 unspecified atom stereocenters. The van der Waals surface area contributed by atoms with E-state index < -0.39 is 0 Å². The second kappa shape index (κ2) is 5.90. The van der Waals surface area contributed by atoms with Gasteiger partial charge in [0, 0.05) is 18.5 Å². The highest BCUT2D eigenvalue weighted by atomic mass is 16.1. The topological polar surface area (TPSA) is 70.7 Å². The van der Waals surface area contributed by atoms with Gasteiger partial charge in [0.25, 0.3) is 5.56 Å². The molecule has 0 amide bonds. The maximum atomic E-state index is 12.5. The third kappa shape index (κ3) is 2.86. The molecule has 21 heavy (non-hydrogen) atoms. The van der Waals surface area contributed by atoms with Gasteiger partial charge in [0.05, 0.1) is 30.2 Å². The third-order valence-electron chi connectivity index (χ3n) is 3.75. The molecule has 1 aliphatic rings. The normalized spacial score (nSPS) is 14.0.